The molecule has 2 aromatic carbocycles. The highest BCUT2D eigenvalue weighted by atomic mass is 35.5. The van der Waals surface area contributed by atoms with Crippen LogP contribution >= 0.6 is 11.6 Å². The van der Waals surface area contributed by atoms with Gasteiger partial charge in [-0.2, -0.15) is 4.98 Å². The molecule has 1 heterocycles. The van der Waals surface area contributed by atoms with Gasteiger partial charge in [0.15, 0.2) is 5.82 Å². The topological polar surface area (TPSA) is 69.0 Å². The molecule has 7 heteroatoms. The Bertz CT molecular complexity index is 963. The predicted molar refractivity (Wildman–Crippen MR) is 111 cm³/mol. The minimum Gasteiger partial charge on any atom is -0.466 e. The molecule has 6 nitrogen and oxygen atoms in total. The van der Waals surface area contributed by atoms with Crippen LogP contribution in [0.15, 0.2) is 48.5 Å². The number of alkyl halides is 1. The quantitative estimate of drug-likeness (QED) is 0.622. The Morgan fingerprint density at radius 2 is 1.79 bits per heavy atom. The minimum absolute atomic E-state index is 0.127. The lowest BCUT2D eigenvalue weighted by Gasteiger charge is -2.20. The number of halogens is 1. The number of aromatic nitrogens is 3. The maximum absolute atomic E-state index is 12.3. The van der Waals surface area contributed by atoms with Crippen LogP contribution < -0.4 is 10.1 Å². The van der Waals surface area contributed by atoms with Gasteiger partial charge in [-0.25, -0.2) is 4.68 Å². The van der Waals surface area contributed by atoms with E-state index in [9.17, 15) is 4.79 Å². The lowest BCUT2D eigenvalue weighted by atomic mass is 9.95. The smallest absolute Gasteiger partial charge is 0.336 e. The molecule has 0 atom stereocenters. The van der Waals surface area contributed by atoms with E-state index in [0.29, 0.717) is 11.5 Å². The Balaban J connectivity index is 1.91. The van der Waals surface area contributed by atoms with Crippen molar-refractivity contribution >= 4 is 23.2 Å². The van der Waals surface area contributed by atoms with Gasteiger partial charge in [0.25, 0.3) is 0 Å². The first kappa shape index (κ1) is 19.9. The molecule has 1 N–H and O–H groups in total. The lowest BCUT2D eigenvalue weighted by molar-refractivity contribution is -0.122. The van der Waals surface area contributed by atoms with Crippen LogP contribution in [0.3, 0.4) is 0 Å². The van der Waals surface area contributed by atoms with Crippen LogP contribution in [0, 0.1) is 12.3 Å². The van der Waals surface area contributed by atoms with E-state index in [1.54, 1.807) is 18.5 Å². The summed E-state index contributed by atoms with van der Waals surface area (Å²) in [5.41, 5.74) is 2.96. The first-order valence-electron chi connectivity index (χ1n) is 8.90. The Hall–Kier alpha value is -2.86. The fraction of sp³-hybridized carbons (Fsp3) is 0.286. The molecule has 3 rings (SSSR count). The van der Waals surface area contributed by atoms with Gasteiger partial charge in [-0.1, -0.05) is 29.8 Å². The number of ether oxygens (including phenoxy) is 1. The van der Waals surface area contributed by atoms with Crippen LogP contribution in [0.25, 0.3) is 17.1 Å². The third kappa shape index (κ3) is 4.17. The molecule has 3 aromatic rings. The first-order valence-corrected chi connectivity index (χ1v) is 9.43. The van der Waals surface area contributed by atoms with Crippen LogP contribution in [-0.4, -0.2) is 33.7 Å². The molecule has 1 amide bonds. The highest BCUT2D eigenvalue weighted by Gasteiger charge is 2.26. The van der Waals surface area contributed by atoms with Crippen molar-refractivity contribution in [1.82, 2.24) is 14.8 Å². The van der Waals surface area contributed by atoms with Gasteiger partial charge in [-0.15, -0.1) is 16.7 Å². The molecule has 0 aliphatic heterocycles. The summed E-state index contributed by atoms with van der Waals surface area (Å²) in [7, 11) is 1.54. The van der Waals surface area contributed by atoms with Crippen LogP contribution in [0.2, 0.25) is 0 Å². The number of nitrogens with zero attached hydrogens (tertiary/aromatic N) is 3. The van der Waals surface area contributed by atoms with Gasteiger partial charge in [0.05, 0.1) is 18.2 Å². The van der Waals surface area contributed by atoms with E-state index in [-0.39, 0.29) is 17.8 Å². The van der Waals surface area contributed by atoms with Crippen molar-refractivity contribution < 1.29 is 9.53 Å². The Morgan fingerprint density at radius 1 is 1.14 bits per heavy atom. The van der Waals surface area contributed by atoms with Crippen molar-refractivity contribution in [2.45, 2.75) is 20.8 Å². The molecule has 146 valence electrons. The number of carbonyl (C=O) groups is 1. The molecule has 28 heavy (non-hydrogen) atoms. The summed E-state index contributed by atoms with van der Waals surface area (Å²) < 4.78 is 6.94. The van der Waals surface area contributed by atoms with Crippen molar-refractivity contribution in [3.05, 3.63) is 54.1 Å². The number of amides is 1. The molecule has 0 bridgehead atoms. The van der Waals surface area contributed by atoms with E-state index in [2.05, 4.69) is 15.4 Å². The molecular formula is C21H23ClN4O2. The SMILES string of the molecule is COc1nc(-c2ccc(C)cc2)n(-c2ccc(NC(=O)C(C)(C)CCl)cc2)n1. The summed E-state index contributed by atoms with van der Waals surface area (Å²) in [6, 6.07) is 15.7. The Labute approximate surface area is 169 Å². The van der Waals surface area contributed by atoms with Crippen LogP contribution in [0.4, 0.5) is 5.69 Å². The second kappa shape index (κ2) is 8.02. The zero-order chi connectivity index (χ0) is 20.3. The zero-order valence-corrected chi connectivity index (χ0v) is 17.1. The molecule has 0 aliphatic carbocycles. The Morgan fingerprint density at radius 3 is 2.36 bits per heavy atom. The largest absolute Gasteiger partial charge is 0.466 e. The van der Waals surface area contributed by atoms with Crippen molar-refractivity contribution in [2.75, 3.05) is 18.3 Å². The number of rotatable bonds is 6. The molecule has 0 aliphatic rings. The van der Waals surface area contributed by atoms with E-state index < -0.39 is 5.41 Å². The average Bonchev–Trinajstić information content (AvgIpc) is 3.13. The molecule has 0 saturated heterocycles. The second-order valence-electron chi connectivity index (χ2n) is 7.22. The van der Waals surface area contributed by atoms with E-state index in [0.717, 1.165) is 11.3 Å². The fourth-order valence-corrected chi connectivity index (χ4v) is 2.62. The van der Waals surface area contributed by atoms with Crippen molar-refractivity contribution in [2.24, 2.45) is 5.41 Å². The lowest BCUT2D eigenvalue weighted by Crippen LogP contribution is -2.32. The highest BCUT2D eigenvalue weighted by Crippen LogP contribution is 2.25. The van der Waals surface area contributed by atoms with E-state index in [4.69, 9.17) is 16.3 Å². The first-order chi connectivity index (χ1) is 13.3. The fourth-order valence-electron chi connectivity index (χ4n) is 2.50. The van der Waals surface area contributed by atoms with Gasteiger partial charge < -0.3 is 10.1 Å². The normalized spacial score (nSPS) is 11.3. The number of hydrogen-bond acceptors (Lipinski definition) is 4. The molecule has 1 aromatic heterocycles. The van der Waals surface area contributed by atoms with E-state index in [1.165, 1.54) is 12.7 Å². The van der Waals surface area contributed by atoms with Gasteiger partial charge >= 0.3 is 6.01 Å². The number of carbonyl (C=O) groups excluding carboxylic acids is 1. The van der Waals surface area contributed by atoms with Crippen LogP contribution in [0.5, 0.6) is 6.01 Å². The van der Waals surface area contributed by atoms with Crippen molar-refractivity contribution in [3.8, 4) is 23.1 Å². The van der Waals surface area contributed by atoms with Crippen molar-refractivity contribution in [3.63, 3.8) is 0 Å². The molecular weight excluding hydrogens is 376 g/mol. The second-order valence-corrected chi connectivity index (χ2v) is 7.49. The third-order valence-corrected chi connectivity index (χ3v) is 5.07. The van der Waals surface area contributed by atoms with E-state index >= 15 is 0 Å². The number of nitrogens with one attached hydrogen (secondary N) is 1. The third-order valence-electron chi connectivity index (χ3n) is 4.40. The van der Waals surface area contributed by atoms with Crippen LogP contribution in [-0.2, 0) is 4.79 Å². The Kier molecular flexibility index (Phi) is 5.70. The van der Waals surface area contributed by atoms with Gasteiger partial charge in [0.2, 0.25) is 5.91 Å². The summed E-state index contributed by atoms with van der Waals surface area (Å²) in [6.07, 6.45) is 0. The number of anilines is 1. The summed E-state index contributed by atoms with van der Waals surface area (Å²) >= 11 is 5.87. The molecule has 0 fully saturated rings. The average molecular weight is 399 g/mol. The number of methoxy groups -OCH3 is 1. The predicted octanol–water partition coefficient (Wildman–Crippen LogP) is 4.45. The molecule has 0 unspecified atom stereocenters. The van der Waals surface area contributed by atoms with Gasteiger partial charge in [-0.3, -0.25) is 4.79 Å². The summed E-state index contributed by atoms with van der Waals surface area (Å²) in [6.45, 7) is 5.64. The maximum atomic E-state index is 12.3. The zero-order valence-electron chi connectivity index (χ0n) is 16.4. The maximum Gasteiger partial charge on any atom is 0.336 e. The molecule has 0 saturated carbocycles. The standard InChI is InChI=1S/C21H23ClN4O2/c1-14-5-7-15(8-6-14)18-24-20(28-4)25-26(18)17-11-9-16(10-12-17)23-19(27)21(2,3)13-22/h5-12H,13H2,1-4H3,(H,23,27). The minimum atomic E-state index is -0.641. The van der Waals surface area contributed by atoms with Gasteiger partial charge in [0, 0.05) is 17.1 Å². The van der Waals surface area contributed by atoms with E-state index in [1.807, 2.05) is 55.5 Å². The van der Waals surface area contributed by atoms with Crippen molar-refractivity contribution in [1.29, 1.82) is 0 Å². The monoisotopic (exact) mass is 398 g/mol. The summed E-state index contributed by atoms with van der Waals surface area (Å²) in [5.74, 6) is 0.796. The highest BCUT2D eigenvalue weighted by molar-refractivity contribution is 6.20. The van der Waals surface area contributed by atoms with Gasteiger partial charge in [-0.05, 0) is 45.0 Å². The molecule has 0 radical (unpaired) electrons. The van der Waals surface area contributed by atoms with Crippen LogP contribution in [0.1, 0.15) is 19.4 Å². The summed E-state index contributed by atoms with van der Waals surface area (Å²) in [4.78, 5) is 16.8. The number of hydrogen-bond donors (Lipinski definition) is 1. The number of benzene rings is 2. The molecule has 0 spiro atoms. The number of aryl methyl sites for hydroxylation is 1. The van der Waals surface area contributed by atoms with Gasteiger partial charge in [0.1, 0.15) is 0 Å². The summed E-state index contributed by atoms with van der Waals surface area (Å²) in [5, 5.41) is 7.31.